The van der Waals surface area contributed by atoms with Crippen LogP contribution < -0.4 is 10.0 Å². The van der Waals surface area contributed by atoms with Crippen LogP contribution in [0.2, 0.25) is 0 Å². The maximum Gasteiger partial charge on any atom is 0.255 e. The molecule has 2 rings (SSSR count). The molecule has 130 valence electrons. The van der Waals surface area contributed by atoms with Gasteiger partial charge in [-0.15, -0.1) is 6.58 Å². The van der Waals surface area contributed by atoms with Gasteiger partial charge in [-0.25, -0.2) is 13.1 Å². The highest BCUT2D eigenvalue weighted by Gasteiger charge is 2.14. The van der Waals surface area contributed by atoms with Crippen LogP contribution in [0.1, 0.15) is 27.6 Å². The largest absolute Gasteiger partial charge is 0.322 e. The molecule has 0 fully saturated rings. The van der Waals surface area contributed by atoms with E-state index in [1.807, 2.05) is 0 Å². The van der Waals surface area contributed by atoms with Crippen LogP contribution >= 0.6 is 0 Å². The highest BCUT2D eigenvalue weighted by atomic mass is 32.2. The first-order chi connectivity index (χ1) is 11.8. The first-order valence-electron chi connectivity index (χ1n) is 7.46. The van der Waals surface area contributed by atoms with Crippen LogP contribution in [-0.4, -0.2) is 26.7 Å². The molecule has 0 saturated heterocycles. The minimum Gasteiger partial charge on any atom is -0.322 e. The molecule has 0 aliphatic carbocycles. The molecular formula is C18H18N2O4S. The number of ketones is 1. The summed E-state index contributed by atoms with van der Waals surface area (Å²) < 4.78 is 26.3. The van der Waals surface area contributed by atoms with E-state index in [4.69, 9.17) is 0 Å². The fraction of sp³-hybridized carbons (Fsp3) is 0.111. The highest BCUT2D eigenvalue weighted by molar-refractivity contribution is 7.89. The molecule has 0 unspecified atom stereocenters. The monoisotopic (exact) mass is 358 g/mol. The average Bonchev–Trinajstić information content (AvgIpc) is 2.60. The number of rotatable bonds is 7. The Bertz CT molecular complexity index is 886. The minimum atomic E-state index is -3.62. The van der Waals surface area contributed by atoms with Crippen LogP contribution in [0.5, 0.6) is 0 Å². The Morgan fingerprint density at radius 1 is 1.00 bits per heavy atom. The lowest BCUT2D eigenvalue weighted by Crippen LogP contribution is -2.23. The molecule has 0 saturated carbocycles. The lowest BCUT2D eigenvalue weighted by atomic mass is 10.1. The van der Waals surface area contributed by atoms with E-state index in [1.54, 1.807) is 24.3 Å². The number of anilines is 1. The SMILES string of the molecule is C=CCNS(=O)(=O)c1ccc(C(=O)Nc2ccc(C(C)=O)cc2)cc1. The third-order valence-electron chi connectivity index (χ3n) is 3.39. The molecule has 0 aromatic heterocycles. The van der Waals surface area contributed by atoms with E-state index in [0.717, 1.165) is 0 Å². The highest BCUT2D eigenvalue weighted by Crippen LogP contribution is 2.14. The van der Waals surface area contributed by atoms with Crippen LogP contribution in [0.25, 0.3) is 0 Å². The van der Waals surface area contributed by atoms with E-state index in [-0.39, 0.29) is 23.1 Å². The quantitative estimate of drug-likeness (QED) is 0.588. The summed E-state index contributed by atoms with van der Waals surface area (Å²) in [5, 5.41) is 2.69. The molecule has 0 radical (unpaired) electrons. The fourth-order valence-electron chi connectivity index (χ4n) is 2.03. The second-order valence-electron chi connectivity index (χ2n) is 5.25. The summed E-state index contributed by atoms with van der Waals surface area (Å²) in [7, 11) is -3.62. The first-order valence-corrected chi connectivity index (χ1v) is 8.95. The number of Topliss-reactive ketones (excluding diaryl/α,β-unsaturated/α-hetero) is 1. The second kappa shape index (κ2) is 7.87. The Kier molecular flexibility index (Phi) is 5.84. The first kappa shape index (κ1) is 18.6. The van der Waals surface area contributed by atoms with Gasteiger partial charge in [-0.05, 0) is 55.5 Å². The number of carbonyl (C=O) groups excluding carboxylic acids is 2. The molecule has 0 atom stereocenters. The van der Waals surface area contributed by atoms with Crippen LogP contribution in [0.3, 0.4) is 0 Å². The summed E-state index contributed by atoms with van der Waals surface area (Å²) in [6.07, 6.45) is 1.44. The minimum absolute atomic E-state index is 0.0558. The molecule has 0 aliphatic rings. The van der Waals surface area contributed by atoms with Gasteiger partial charge in [0, 0.05) is 23.4 Å². The van der Waals surface area contributed by atoms with Crippen molar-refractivity contribution in [2.75, 3.05) is 11.9 Å². The zero-order chi connectivity index (χ0) is 18.4. The van der Waals surface area contributed by atoms with Crippen molar-refractivity contribution >= 4 is 27.4 Å². The van der Waals surface area contributed by atoms with Gasteiger partial charge in [0.15, 0.2) is 5.78 Å². The Balaban J connectivity index is 2.10. The summed E-state index contributed by atoms with van der Waals surface area (Å²) in [4.78, 5) is 23.5. The van der Waals surface area contributed by atoms with Crippen LogP contribution in [0.15, 0.2) is 66.1 Å². The van der Waals surface area contributed by atoms with Gasteiger partial charge in [0.25, 0.3) is 5.91 Å². The summed E-state index contributed by atoms with van der Waals surface area (Å²) in [5.41, 5.74) is 1.41. The van der Waals surface area contributed by atoms with Gasteiger partial charge >= 0.3 is 0 Å². The van der Waals surface area contributed by atoms with Crippen LogP contribution in [0.4, 0.5) is 5.69 Å². The standard InChI is InChI=1S/C18H18N2O4S/c1-3-12-19-25(23,24)17-10-6-15(7-11-17)18(22)20-16-8-4-14(5-9-16)13(2)21/h3-11,19H,1,12H2,2H3,(H,20,22). The molecule has 7 heteroatoms. The van der Waals surface area contributed by atoms with Crippen LogP contribution in [-0.2, 0) is 10.0 Å². The average molecular weight is 358 g/mol. The molecule has 2 aromatic carbocycles. The van der Waals surface area contributed by atoms with Crippen molar-refractivity contribution < 1.29 is 18.0 Å². The number of sulfonamides is 1. The Morgan fingerprint density at radius 2 is 1.56 bits per heavy atom. The number of hydrogen-bond donors (Lipinski definition) is 2. The van der Waals surface area contributed by atoms with E-state index in [0.29, 0.717) is 16.8 Å². The number of benzene rings is 2. The van der Waals surface area contributed by atoms with Crippen molar-refractivity contribution in [2.24, 2.45) is 0 Å². The number of amides is 1. The van der Waals surface area contributed by atoms with Gasteiger partial charge in [0.2, 0.25) is 10.0 Å². The topological polar surface area (TPSA) is 92.3 Å². The van der Waals surface area contributed by atoms with Gasteiger partial charge in [-0.3, -0.25) is 9.59 Å². The summed E-state index contributed by atoms with van der Waals surface area (Å²) in [5.74, 6) is -0.432. The predicted molar refractivity (Wildman–Crippen MR) is 96.2 cm³/mol. The fourth-order valence-corrected chi connectivity index (χ4v) is 3.03. The zero-order valence-corrected chi connectivity index (χ0v) is 14.5. The summed E-state index contributed by atoms with van der Waals surface area (Å²) in [6, 6.07) is 12.1. The number of carbonyl (C=O) groups is 2. The normalized spacial score (nSPS) is 10.9. The van der Waals surface area contributed by atoms with E-state index in [9.17, 15) is 18.0 Å². The van der Waals surface area contributed by atoms with Gasteiger partial charge in [-0.2, -0.15) is 0 Å². The van der Waals surface area contributed by atoms with E-state index in [1.165, 1.54) is 37.3 Å². The lowest BCUT2D eigenvalue weighted by molar-refractivity contribution is 0.101. The lowest BCUT2D eigenvalue weighted by Gasteiger charge is -2.08. The van der Waals surface area contributed by atoms with Crippen molar-refractivity contribution in [1.82, 2.24) is 4.72 Å². The summed E-state index contributed by atoms with van der Waals surface area (Å²) >= 11 is 0. The van der Waals surface area contributed by atoms with Gasteiger partial charge < -0.3 is 5.32 Å². The van der Waals surface area contributed by atoms with Gasteiger partial charge in [0.1, 0.15) is 0 Å². The third-order valence-corrected chi connectivity index (χ3v) is 4.83. The smallest absolute Gasteiger partial charge is 0.255 e. The molecule has 0 aliphatic heterocycles. The van der Waals surface area contributed by atoms with Crippen molar-refractivity contribution in [3.63, 3.8) is 0 Å². The number of nitrogens with one attached hydrogen (secondary N) is 2. The molecule has 0 bridgehead atoms. The Hall–Kier alpha value is -2.77. The maximum absolute atomic E-state index is 12.2. The molecule has 0 heterocycles. The summed E-state index contributed by atoms with van der Waals surface area (Å²) in [6.45, 7) is 5.04. The van der Waals surface area contributed by atoms with E-state index in [2.05, 4.69) is 16.6 Å². The van der Waals surface area contributed by atoms with Crippen molar-refractivity contribution in [3.8, 4) is 0 Å². The molecule has 1 amide bonds. The second-order valence-corrected chi connectivity index (χ2v) is 7.02. The molecule has 25 heavy (non-hydrogen) atoms. The number of hydrogen-bond acceptors (Lipinski definition) is 4. The zero-order valence-electron chi connectivity index (χ0n) is 13.7. The van der Waals surface area contributed by atoms with Gasteiger partial charge in [0.05, 0.1) is 4.90 Å². The Labute approximate surface area is 146 Å². The van der Waals surface area contributed by atoms with Gasteiger partial charge in [-0.1, -0.05) is 6.08 Å². The van der Waals surface area contributed by atoms with Crippen LogP contribution in [0, 0.1) is 0 Å². The Morgan fingerprint density at radius 3 is 2.08 bits per heavy atom. The van der Waals surface area contributed by atoms with Crippen molar-refractivity contribution in [1.29, 1.82) is 0 Å². The maximum atomic E-state index is 12.2. The van der Waals surface area contributed by atoms with E-state index >= 15 is 0 Å². The predicted octanol–water partition coefficient (Wildman–Crippen LogP) is 2.61. The molecule has 0 spiro atoms. The molecule has 2 aromatic rings. The molecule has 2 N–H and O–H groups in total. The third kappa shape index (κ3) is 4.85. The van der Waals surface area contributed by atoms with Crippen molar-refractivity contribution in [3.05, 3.63) is 72.3 Å². The molecular weight excluding hydrogens is 340 g/mol. The van der Waals surface area contributed by atoms with Crippen molar-refractivity contribution in [2.45, 2.75) is 11.8 Å². The molecule has 6 nitrogen and oxygen atoms in total. The van der Waals surface area contributed by atoms with E-state index < -0.39 is 10.0 Å².